The van der Waals surface area contributed by atoms with Gasteiger partial charge in [0, 0.05) is 18.6 Å². The monoisotopic (exact) mass is 243 g/mol. The lowest BCUT2D eigenvalue weighted by Crippen LogP contribution is -2.39. The molecule has 0 spiro atoms. The van der Waals surface area contributed by atoms with E-state index in [4.69, 9.17) is 0 Å². The molecule has 2 N–H and O–H groups in total. The molecule has 1 atom stereocenters. The molecule has 0 aliphatic rings. The van der Waals surface area contributed by atoms with Crippen molar-refractivity contribution in [2.24, 2.45) is 0 Å². The summed E-state index contributed by atoms with van der Waals surface area (Å²) < 4.78 is 0. The largest absolute Gasteiger partial charge is 0.355 e. The van der Waals surface area contributed by atoms with Crippen molar-refractivity contribution in [1.29, 1.82) is 0 Å². The molecule has 0 rings (SSSR count). The Labute approximate surface area is 106 Å². The van der Waals surface area contributed by atoms with Crippen LogP contribution < -0.4 is 10.6 Å². The zero-order valence-corrected chi connectivity index (χ0v) is 12.0. The number of rotatable bonds is 9. The predicted molar refractivity (Wildman–Crippen MR) is 73.1 cm³/mol. The van der Waals surface area contributed by atoms with Crippen LogP contribution in [0.3, 0.4) is 0 Å². The van der Waals surface area contributed by atoms with Gasteiger partial charge in [-0.2, -0.15) is 0 Å². The Morgan fingerprint density at radius 1 is 1.29 bits per heavy atom. The fourth-order valence-corrected chi connectivity index (χ4v) is 1.29. The highest BCUT2D eigenvalue weighted by Gasteiger charge is 2.04. The van der Waals surface area contributed by atoms with E-state index in [1.165, 1.54) is 0 Å². The molecule has 0 radical (unpaired) electrons. The van der Waals surface area contributed by atoms with Crippen LogP contribution >= 0.6 is 0 Å². The quantitative estimate of drug-likeness (QED) is 0.599. The summed E-state index contributed by atoms with van der Waals surface area (Å²) in [5.41, 5.74) is 0. The molecule has 0 bridgehead atoms. The van der Waals surface area contributed by atoms with Gasteiger partial charge >= 0.3 is 0 Å². The van der Waals surface area contributed by atoms with Gasteiger partial charge in [0.25, 0.3) is 0 Å². The van der Waals surface area contributed by atoms with E-state index >= 15 is 0 Å². The van der Waals surface area contributed by atoms with E-state index in [2.05, 4.69) is 50.3 Å². The molecule has 0 saturated heterocycles. The summed E-state index contributed by atoms with van der Waals surface area (Å²) in [5, 5.41) is 6.11. The summed E-state index contributed by atoms with van der Waals surface area (Å²) in [6.07, 6.45) is 2.05. The molecule has 1 unspecified atom stereocenters. The van der Waals surface area contributed by atoms with E-state index in [1.54, 1.807) is 0 Å². The van der Waals surface area contributed by atoms with Crippen molar-refractivity contribution in [2.75, 3.05) is 26.7 Å². The molecule has 0 aromatic rings. The summed E-state index contributed by atoms with van der Waals surface area (Å²) in [7, 11) is 2.11. The van der Waals surface area contributed by atoms with Gasteiger partial charge in [-0.3, -0.25) is 4.79 Å². The third-order valence-corrected chi connectivity index (χ3v) is 3.11. The molecule has 0 saturated carbocycles. The normalized spacial score (nSPS) is 13.1. The maximum absolute atomic E-state index is 11.5. The third-order valence-electron chi connectivity index (χ3n) is 3.11. The van der Waals surface area contributed by atoms with Crippen LogP contribution in [0.2, 0.25) is 0 Å². The van der Waals surface area contributed by atoms with Crippen LogP contribution in [0.5, 0.6) is 0 Å². The summed E-state index contributed by atoms with van der Waals surface area (Å²) in [5.74, 6) is 0.0949. The minimum absolute atomic E-state index is 0.0949. The Hall–Kier alpha value is -0.610. The smallest absolute Gasteiger partial charge is 0.233 e. The zero-order valence-electron chi connectivity index (χ0n) is 12.0. The second-order valence-electron chi connectivity index (χ2n) is 4.97. The molecular weight excluding hydrogens is 214 g/mol. The highest BCUT2D eigenvalue weighted by atomic mass is 16.1. The maximum Gasteiger partial charge on any atom is 0.233 e. The fourth-order valence-electron chi connectivity index (χ4n) is 1.29. The van der Waals surface area contributed by atoms with Crippen LogP contribution in [0, 0.1) is 0 Å². The minimum Gasteiger partial charge on any atom is -0.355 e. The summed E-state index contributed by atoms with van der Waals surface area (Å²) in [4.78, 5) is 13.7. The van der Waals surface area contributed by atoms with Gasteiger partial charge in [0.2, 0.25) is 5.91 Å². The number of nitrogens with one attached hydrogen (secondary N) is 2. The van der Waals surface area contributed by atoms with E-state index in [0.717, 1.165) is 25.9 Å². The molecule has 102 valence electrons. The van der Waals surface area contributed by atoms with E-state index in [0.29, 0.717) is 18.6 Å². The van der Waals surface area contributed by atoms with Gasteiger partial charge in [0.1, 0.15) is 0 Å². The average molecular weight is 243 g/mol. The molecule has 4 nitrogen and oxygen atoms in total. The number of hydrogen-bond donors (Lipinski definition) is 2. The number of nitrogens with zero attached hydrogens (tertiary/aromatic N) is 1. The molecule has 4 heteroatoms. The van der Waals surface area contributed by atoms with Crippen LogP contribution in [0.4, 0.5) is 0 Å². The SMILES string of the molecule is CCC(C)NCC(=O)NCCCN(C)C(C)C. The zero-order chi connectivity index (χ0) is 13.3. The van der Waals surface area contributed by atoms with Gasteiger partial charge in [0.05, 0.1) is 6.54 Å². The van der Waals surface area contributed by atoms with Gasteiger partial charge in [-0.25, -0.2) is 0 Å². The molecule has 1 amide bonds. The van der Waals surface area contributed by atoms with Crippen molar-refractivity contribution in [2.45, 2.75) is 52.6 Å². The van der Waals surface area contributed by atoms with Gasteiger partial charge < -0.3 is 15.5 Å². The molecule has 0 aromatic carbocycles. The number of carbonyl (C=O) groups is 1. The van der Waals surface area contributed by atoms with Crippen LogP contribution in [-0.2, 0) is 4.79 Å². The van der Waals surface area contributed by atoms with Crippen molar-refractivity contribution in [3.63, 3.8) is 0 Å². The molecule has 17 heavy (non-hydrogen) atoms. The predicted octanol–water partition coefficient (Wildman–Crippen LogP) is 1.22. The number of amides is 1. The van der Waals surface area contributed by atoms with Gasteiger partial charge in [-0.15, -0.1) is 0 Å². The van der Waals surface area contributed by atoms with Crippen molar-refractivity contribution in [1.82, 2.24) is 15.5 Å². The van der Waals surface area contributed by atoms with E-state index in [-0.39, 0.29) is 5.91 Å². The lowest BCUT2D eigenvalue weighted by molar-refractivity contribution is -0.120. The van der Waals surface area contributed by atoms with Gasteiger partial charge in [0.15, 0.2) is 0 Å². The first-order valence-corrected chi connectivity index (χ1v) is 6.67. The second kappa shape index (κ2) is 9.42. The average Bonchev–Trinajstić information content (AvgIpc) is 2.30. The van der Waals surface area contributed by atoms with Crippen LogP contribution in [-0.4, -0.2) is 49.6 Å². The summed E-state index contributed by atoms with van der Waals surface area (Å²) >= 11 is 0. The summed E-state index contributed by atoms with van der Waals surface area (Å²) in [6.45, 7) is 10.8. The Morgan fingerprint density at radius 3 is 2.47 bits per heavy atom. The first kappa shape index (κ1) is 16.4. The highest BCUT2D eigenvalue weighted by molar-refractivity contribution is 5.77. The Bertz CT molecular complexity index is 207. The standard InChI is InChI=1S/C13H29N3O/c1-6-12(4)15-10-13(17)14-8-7-9-16(5)11(2)3/h11-12,15H,6-10H2,1-5H3,(H,14,17). The molecule has 0 aliphatic heterocycles. The van der Waals surface area contributed by atoms with E-state index in [9.17, 15) is 4.79 Å². The van der Waals surface area contributed by atoms with Crippen molar-refractivity contribution >= 4 is 5.91 Å². The topological polar surface area (TPSA) is 44.4 Å². The first-order chi connectivity index (χ1) is 7.97. The van der Waals surface area contributed by atoms with Crippen LogP contribution in [0.25, 0.3) is 0 Å². The number of hydrogen-bond acceptors (Lipinski definition) is 3. The second-order valence-corrected chi connectivity index (χ2v) is 4.97. The molecule has 0 aromatic heterocycles. The van der Waals surface area contributed by atoms with Crippen LogP contribution in [0.1, 0.15) is 40.5 Å². The Balaban J connectivity index is 3.45. The third kappa shape index (κ3) is 9.12. The maximum atomic E-state index is 11.5. The summed E-state index contributed by atoms with van der Waals surface area (Å²) in [6, 6.07) is 0.977. The first-order valence-electron chi connectivity index (χ1n) is 6.67. The van der Waals surface area contributed by atoms with Gasteiger partial charge in [-0.1, -0.05) is 6.92 Å². The molecular formula is C13H29N3O. The van der Waals surface area contributed by atoms with Crippen molar-refractivity contribution in [3.8, 4) is 0 Å². The van der Waals surface area contributed by atoms with E-state index < -0.39 is 0 Å². The Kier molecular flexibility index (Phi) is 9.09. The number of carbonyl (C=O) groups excluding carboxylic acids is 1. The minimum atomic E-state index is 0.0949. The lowest BCUT2D eigenvalue weighted by Gasteiger charge is -2.20. The molecule has 0 heterocycles. The van der Waals surface area contributed by atoms with Crippen molar-refractivity contribution < 1.29 is 4.79 Å². The fraction of sp³-hybridized carbons (Fsp3) is 0.923. The highest BCUT2D eigenvalue weighted by Crippen LogP contribution is 1.94. The van der Waals surface area contributed by atoms with Gasteiger partial charge in [-0.05, 0) is 47.2 Å². The molecule has 0 fully saturated rings. The molecule has 0 aliphatic carbocycles. The Morgan fingerprint density at radius 2 is 1.94 bits per heavy atom. The van der Waals surface area contributed by atoms with Crippen LogP contribution in [0.15, 0.2) is 0 Å². The lowest BCUT2D eigenvalue weighted by atomic mass is 10.2. The van der Waals surface area contributed by atoms with Crippen molar-refractivity contribution in [3.05, 3.63) is 0 Å². The van der Waals surface area contributed by atoms with E-state index in [1.807, 2.05) is 0 Å².